The zero-order chi connectivity index (χ0) is 13.4. The smallest absolute Gasteiger partial charge is 0.242 e. The SMILES string of the molecule is C=CCCCC1CCC(=O)N1C(OCC)OCC. The normalized spacial score (nSPS) is 19.8. The van der Waals surface area contributed by atoms with Crippen LogP contribution in [-0.2, 0) is 14.3 Å². The monoisotopic (exact) mass is 255 g/mol. The van der Waals surface area contributed by atoms with Gasteiger partial charge < -0.3 is 9.47 Å². The van der Waals surface area contributed by atoms with Gasteiger partial charge >= 0.3 is 0 Å². The van der Waals surface area contributed by atoms with Gasteiger partial charge in [0.05, 0.1) is 0 Å². The van der Waals surface area contributed by atoms with Crippen molar-refractivity contribution in [1.29, 1.82) is 0 Å². The van der Waals surface area contributed by atoms with Gasteiger partial charge in [-0.1, -0.05) is 6.08 Å². The molecule has 0 aromatic carbocycles. The van der Waals surface area contributed by atoms with Gasteiger partial charge in [-0.15, -0.1) is 6.58 Å². The van der Waals surface area contributed by atoms with Crippen LogP contribution in [0.4, 0.5) is 0 Å². The van der Waals surface area contributed by atoms with E-state index in [0.29, 0.717) is 19.6 Å². The van der Waals surface area contributed by atoms with Gasteiger partial charge in [0.25, 0.3) is 0 Å². The van der Waals surface area contributed by atoms with Crippen molar-refractivity contribution in [1.82, 2.24) is 4.90 Å². The van der Waals surface area contributed by atoms with E-state index in [1.165, 1.54) is 0 Å². The molecule has 0 bridgehead atoms. The molecule has 4 nitrogen and oxygen atoms in total. The number of ether oxygens (including phenoxy) is 2. The molecule has 104 valence electrons. The maximum atomic E-state index is 12.0. The first-order chi connectivity index (χ1) is 8.74. The largest absolute Gasteiger partial charge is 0.335 e. The van der Waals surface area contributed by atoms with E-state index < -0.39 is 6.41 Å². The number of amides is 1. The van der Waals surface area contributed by atoms with Crippen LogP contribution >= 0.6 is 0 Å². The van der Waals surface area contributed by atoms with E-state index in [4.69, 9.17) is 9.47 Å². The van der Waals surface area contributed by atoms with Crippen LogP contribution in [0.3, 0.4) is 0 Å². The van der Waals surface area contributed by atoms with Crippen molar-refractivity contribution >= 4 is 5.91 Å². The fourth-order valence-corrected chi connectivity index (χ4v) is 2.33. The molecule has 4 heteroatoms. The van der Waals surface area contributed by atoms with E-state index in [-0.39, 0.29) is 11.9 Å². The third kappa shape index (κ3) is 4.10. The van der Waals surface area contributed by atoms with Gasteiger partial charge in [-0.3, -0.25) is 9.69 Å². The van der Waals surface area contributed by atoms with Gasteiger partial charge in [0.1, 0.15) is 0 Å². The first-order valence-electron chi connectivity index (χ1n) is 6.89. The third-order valence-electron chi connectivity index (χ3n) is 3.16. The molecule has 1 aliphatic heterocycles. The van der Waals surface area contributed by atoms with Crippen molar-refractivity contribution in [3.8, 4) is 0 Å². The lowest BCUT2D eigenvalue weighted by atomic mass is 10.1. The van der Waals surface area contributed by atoms with Gasteiger partial charge in [0.15, 0.2) is 0 Å². The zero-order valence-electron chi connectivity index (χ0n) is 11.6. The summed E-state index contributed by atoms with van der Waals surface area (Å²) in [5.41, 5.74) is 0. The highest BCUT2D eigenvalue weighted by atomic mass is 16.7. The molecule has 0 saturated carbocycles. The first-order valence-corrected chi connectivity index (χ1v) is 6.89. The maximum Gasteiger partial charge on any atom is 0.242 e. The summed E-state index contributed by atoms with van der Waals surface area (Å²) in [6.07, 6.45) is 5.97. The molecule has 0 aliphatic carbocycles. The molecule has 0 radical (unpaired) electrons. The number of carbonyl (C=O) groups is 1. The van der Waals surface area contributed by atoms with Crippen LogP contribution < -0.4 is 0 Å². The molecular weight excluding hydrogens is 230 g/mol. The molecule has 1 rings (SSSR count). The Kier molecular flexibility index (Phi) is 6.98. The number of carbonyl (C=O) groups excluding carboxylic acids is 1. The number of likely N-dealkylation sites (tertiary alicyclic amines) is 1. The lowest BCUT2D eigenvalue weighted by Gasteiger charge is -2.32. The molecule has 0 aromatic rings. The van der Waals surface area contributed by atoms with E-state index in [1.54, 1.807) is 4.90 Å². The van der Waals surface area contributed by atoms with Gasteiger partial charge in [-0.25, -0.2) is 0 Å². The van der Waals surface area contributed by atoms with Crippen molar-refractivity contribution in [2.45, 2.75) is 58.4 Å². The number of nitrogens with zero attached hydrogens (tertiary/aromatic N) is 1. The lowest BCUT2D eigenvalue weighted by Crippen LogP contribution is -2.45. The average molecular weight is 255 g/mol. The molecule has 0 spiro atoms. The van der Waals surface area contributed by atoms with Gasteiger partial charge in [0.2, 0.25) is 12.3 Å². The second-order valence-electron chi connectivity index (χ2n) is 4.43. The Morgan fingerprint density at radius 3 is 2.67 bits per heavy atom. The van der Waals surface area contributed by atoms with Crippen LogP contribution in [0.2, 0.25) is 0 Å². The zero-order valence-corrected chi connectivity index (χ0v) is 11.6. The molecule has 1 unspecified atom stereocenters. The minimum Gasteiger partial charge on any atom is -0.335 e. The van der Waals surface area contributed by atoms with Gasteiger partial charge in [-0.05, 0) is 39.5 Å². The summed E-state index contributed by atoms with van der Waals surface area (Å²) in [7, 11) is 0. The number of hydrogen-bond donors (Lipinski definition) is 0. The molecule has 1 atom stereocenters. The molecular formula is C14H25NO3. The minimum absolute atomic E-state index is 0.144. The Hall–Kier alpha value is -0.870. The Morgan fingerprint density at radius 2 is 2.11 bits per heavy atom. The second kappa shape index (κ2) is 8.27. The maximum absolute atomic E-state index is 12.0. The molecule has 1 fully saturated rings. The fourth-order valence-electron chi connectivity index (χ4n) is 2.33. The van der Waals surface area contributed by atoms with Crippen molar-refractivity contribution in [2.24, 2.45) is 0 Å². The van der Waals surface area contributed by atoms with Crippen molar-refractivity contribution in [2.75, 3.05) is 13.2 Å². The predicted molar refractivity (Wildman–Crippen MR) is 71.0 cm³/mol. The van der Waals surface area contributed by atoms with E-state index in [1.807, 2.05) is 19.9 Å². The summed E-state index contributed by atoms with van der Waals surface area (Å²) in [5, 5.41) is 0. The Balaban J connectivity index is 2.59. The predicted octanol–water partition coefficient (Wildman–Crippen LogP) is 2.69. The van der Waals surface area contributed by atoms with Crippen LogP contribution in [0.5, 0.6) is 0 Å². The van der Waals surface area contributed by atoms with Crippen molar-refractivity contribution in [3.63, 3.8) is 0 Å². The number of hydrogen-bond acceptors (Lipinski definition) is 3. The van der Waals surface area contributed by atoms with E-state index in [9.17, 15) is 4.79 Å². The molecule has 1 aliphatic rings. The van der Waals surface area contributed by atoms with Gasteiger partial charge in [0, 0.05) is 25.7 Å². The highest BCUT2D eigenvalue weighted by Crippen LogP contribution is 2.26. The standard InChI is InChI=1S/C14H25NO3/c1-4-7-8-9-12-10-11-13(16)15(12)14(17-5-2)18-6-3/h4,12,14H,1,5-11H2,2-3H3. The minimum atomic E-state index is -0.510. The number of unbranched alkanes of at least 4 members (excludes halogenated alkanes) is 1. The quantitative estimate of drug-likeness (QED) is 0.361. The second-order valence-corrected chi connectivity index (χ2v) is 4.43. The van der Waals surface area contributed by atoms with E-state index in [2.05, 4.69) is 6.58 Å². The van der Waals surface area contributed by atoms with Crippen LogP contribution in [0.25, 0.3) is 0 Å². The first kappa shape index (κ1) is 15.2. The third-order valence-corrected chi connectivity index (χ3v) is 3.16. The fraction of sp³-hybridized carbons (Fsp3) is 0.786. The number of rotatable bonds is 9. The highest BCUT2D eigenvalue weighted by molar-refractivity contribution is 5.78. The van der Waals surface area contributed by atoms with Crippen LogP contribution in [0.15, 0.2) is 12.7 Å². The summed E-state index contributed by atoms with van der Waals surface area (Å²) < 4.78 is 11.1. The van der Waals surface area contributed by atoms with Crippen LogP contribution in [0.1, 0.15) is 46.0 Å². The van der Waals surface area contributed by atoms with Crippen molar-refractivity contribution in [3.05, 3.63) is 12.7 Å². The summed E-state index contributed by atoms with van der Waals surface area (Å²) in [4.78, 5) is 13.7. The summed E-state index contributed by atoms with van der Waals surface area (Å²) in [6.45, 7) is 8.65. The van der Waals surface area contributed by atoms with E-state index >= 15 is 0 Å². The molecule has 1 saturated heterocycles. The average Bonchev–Trinajstić information content (AvgIpc) is 2.71. The molecule has 0 aromatic heterocycles. The van der Waals surface area contributed by atoms with Gasteiger partial charge in [-0.2, -0.15) is 0 Å². The van der Waals surface area contributed by atoms with E-state index in [0.717, 1.165) is 25.7 Å². The number of allylic oxidation sites excluding steroid dienone is 1. The summed E-state index contributed by atoms with van der Waals surface area (Å²) in [5.74, 6) is 0.144. The molecule has 1 heterocycles. The van der Waals surface area contributed by atoms with Crippen molar-refractivity contribution < 1.29 is 14.3 Å². The summed E-state index contributed by atoms with van der Waals surface area (Å²) >= 11 is 0. The van der Waals surface area contributed by atoms with Crippen LogP contribution in [-0.4, -0.2) is 36.5 Å². The molecule has 18 heavy (non-hydrogen) atoms. The topological polar surface area (TPSA) is 38.8 Å². The highest BCUT2D eigenvalue weighted by Gasteiger charge is 2.36. The molecule has 0 N–H and O–H groups in total. The Labute approximate surface area is 110 Å². The molecule has 1 amide bonds. The Bertz CT molecular complexity index is 262. The van der Waals surface area contributed by atoms with Crippen LogP contribution in [0, 0.1) is 0 Å². The Morgan fingerprint density at radius 1 is 1.44 bits per heavy atom. The summed E-state index contributed by atoms with van der Waals surface area (Å²) in [6, 6.07) is 0.251. The lowest BCUT2D eigenvalue weighted by molar-refractivity contribution is -0.223.